The molecule has 2 nitrogen and oxygen atoms in total. The molecule has 0 radical (unpaired) electrons. The molecule has 1 aromatic rings. The van der Waals surface area contributed by atoms with E-state index >= 15 is 0 Å². The van der Waals surface area contributed by atoms with E-state index in [1.54, 1.807) is 0 Å². The summed E-state index contributed by atoms with van der Waals surface area (Å²) in [5.74, 6) is 0. The predicted molar refractivity (Wildman–Crippen MR) is 74.1 cm³/mol. The summed E-state index contributed by atoms with van der Waals surface area (Å²) in [6.07, 6.45) is 7.82. The Morgan fingerprint density at radius 1 is 1.18 bits per heavy atom. The maximum absolute atomic E-state index is 5.67. The third-order valence-electron chi connectivity index (χ3n) is 3.88. The molecule has 0 aromatic heterocycles. The van der Waals surface area contributed by atoms with Gasteiger partial charge in [-0.25, -0.2) is 0 Å². The molecule has 17 heavy (non-hydrogen) atoms. The van der Waals surface area contributed by atoms with Crippen molar-refractivity contribution in [3.63, 3.8) is 0 Å². The standard InChI is InChI=1S/C15H24N2/c1-15(10-2-3-11-15)17-12-4-5-13-6-8-14(16)9-7-13/h6-9,17H,2-5,10-12,16H2,1H3. The summed E-state index contributed by atoms with van der Waals surface area (Å²) in [5, 5.41) is 3.71. The van der Waals surface area contributed by atoms with Crippen LogP contribution < -0.4 is 11.1 Å². The minimum Gasteiger partial charge on any atom is -0.399 e. The fourth-order valence-corrected chi connectivity index (χ4v) is 2.70. The molecule has 0 atom stereocenters. The number of hydrogen-bond acceptors (Lipinski definition) is 2. The SMILES string of the molecule is CC1(NCCCc2ccc(N)cc2)CCCC1. The van der Waals surface area contributed by atoms with Gasteiger partial charge in [-0.05, 0) is 56.8 Å². The summed E-state index contributed by atoms with van der Waals surface area (Å²) in [7, 11) is 0. The first-order valence-corrected chi connectivity index (χ1v) is 6.77. The second-order valence-corrected chi connectivity index (χ2v) is 5.54. The third-order valence-corrected chi connectivity index (χ3v) is 3.88. The number of anilines is 1. The van der Waals surface area contributed by atoms with Crippen molar-refractivity contribution in [3.05, 3.63) is 29.8 Å². The Labute approximate surface area is 105 Å². The molecular formula is C15H24N2. The van der Waals surface area contributed by atoms with Gasteiger partial charge in [-0.15, -0.1) is 0 Å². The van der Waals surface area contributed by atoms with Crippen molar-refractivity contribution in [2.75, 3.05) is 12.3 Å². The van der Waals surface area contributed by atoms with Crippen molar-refractivity contribution in [2.24, 2.45) is 0 Å². The van der Waals surface area contributed by atoms with E-state index in [1.807, 2.05) is 12.1 Å². The van der Waals surface area contributed by atoms with Gasteiger partial charge in [0, 0.05) is 11.2 Å². The van der Waals surface area contributed by atoms with Gasteiger partial charge in [-0.2, -0.15) is 0 Å². The molecule has 0 spiro atoms. The fourth-order valence-electron chi connectivity index (χ4n) is 2.70. The summed E-state index contributed by atoms with van der Waals surface area (Å²) >= 11 is 0. The number of nitrogens with one attached hydrogen (secondary N) is 1. The quantitative estimate of drug-likeness (QED) is 0.604. The topological polar surface area (TPSA) is 38.0 Å². The molecule has 1 aliphatic rings. The van der Waals surface area contributed by atoms with E-state index in [9.17, 15) is 0 Å². The molecule has 0 amide bonds. The van der Waals surface area contributed by atoms with Crippen molar-refractivity contribution < 1.29 is 0 Å². The van der Waals surface area contributed by atoms with Gasteiger partial charge in [0.15, 0.2) is 0 Å². The Morgan fingerprint density at radius 2 is 1.82 bits per heavy atom. The normalized spacial score (nSPS) is 18.4. The van der Waals surface area contributed by atoms with Gasteiger partial charge in [0.2, 0.25) is 0 Å². The highest BCUT2D eigenvalue weighted by atomic mass is 15.0. The van der Waals surface area contributed by atoms with Crippen molar-refractivity contribution in [3.8, 4) is 0 Å². The molecule has 1 saturated carbocycles. The Morgan fingerprint density at radius 3 is 2.47 bits per heavy atom. The fraction of sp³-hybridized carbons (Fsp3) is 0.600. The molecule has 0 bridgehead atoms. The molecule has 3 N–H and O–H groups in total. The molecule has 1 aliphatic carbocycles. The average molecular weight is 232 g/mol. The van der Waals surface area contributed by atoms with E-state index in [4.69, 9.17) is 5.73 Å². The average Bonchev–Trinajstić information content (AvgIpc) is 2.74. The molecule has 94 valence electrons. The van der Waals surface area contributed by atoms with Crippen LogP contribution in [-0.4, -0.2) is 12.1 Å². The van der Waals surface area contributed by atoms with Gasteiger partial charge in [0.05, 0.1) is 0 Å². The van der Waals surface area contributed by atoms with E-state index < -0.39 is 0 Å². The Balaban J connectivity index is 1.67. The van der Waals surface area contributed by atoms with Crippen molar-refractivity contribution >= 4 is 5.69 Å². The summed E-state index contributed by atoms with van der Waals surface area (Å²) in [5.41, 5.74) is 8.33. The molecular weight excluding hydrogens is 208 g/mol. The Bertz CT molecular complexity index is 336. The van der Waals surface area contributed by atoms with Crippen LogP contribution in [0.3, 0.4) is 0 Å². The minimum atomic E-state index is 0.418. The number of benzene rings is 1. The smallest absolute Gasteiger partial charge is 0.0314 e. The van der Waals surface area contributed by atoms with Crippen LogP contribution in [0.4, 0.5) is 5.69 Å². The second kappa shape index (κ2) is 5.54. The van der Waals surface area contributed by atoms with Gasteiger partial charge in [0.1, 0.15) is 0 Å². The minimum absolute atomic E-state index is 0.418. The molecule has 0 unspecified atom stereocenters. The van der Waals surface area contributed by atoms with E-state index in [0.717, 1.165) is 18.7 Å². The van der Waals surface area contributed by atoms with Crippen LogP contribution >= 0.6 is 0 Å². The lowest BCUT2D eigenvalue weighted by molar-refractivity contribution is 0.363. The van der Waals surface area contributed by atoms with Gasteiger partial charge >= 0.3 is 0 Å². The molecule has 1 aromatic carbocycles. The van der Waals surface area contributed by atoms with Crippen molar-refractivity contribution in [1.29, 1.82) is 0 Å². The zero-order valence-corrected chi connectivity index (χ0v) is 10.8. The van der Waals surface area contributed by atoms with E-state index in [-0.39, 0.29) is 0 Å². The first kappa shape index (κ1) is 12.4. The van der Waals surface area contributed by atoms with Crippen LogP contribution in [-0.2, 0) is 6.42 Å². The molecule has 2 heteroatoms. The van der Waals surface area contributed by atoms with Gasteiger partial charge in [-0.3, -0.25) is 0 Å². The Hall–Kier alpha value is -1.02. The summed E-state index contributed by atoms with van der Waals surface area (Å²) in [6.45, 7) is 3.49. The Kier molecular flexibility index (Phi) is 4.06. The second-order valence-electron chi connectivity index (χ2n) is 5.54. The van der Waals surface area contributed by atoms with Crippen LogP contribution in [0.2, 0.25) is 0 Å². The lowest BCUT2D eigenvalue weighted by Crippen LogP contribution is -2.40. The van der Waals surface area contributed by atoms with Crippen LogP contribution in [0, 0.1) is 0 Å². The molecule has 0 saturated heterocycles. The number of nitrogen functional groups attached to an aromatic ring is 1. The van der Waals surface area contributed by atoms with Crippen LogP contribution in [0.15, 0.2) is 24.3 Å². The first-order valence-electron chi connectivity index (χ1n) is 6.77. The highest BCUT2D eigenvalue weighted by Gasteiger charge is 2.27. The van der Waals surface area contributed by atoms with Crippen molar-refractivity contribution in [1.82, 2.24) is 5.32 Å². The molecule has 0 aliphatic heterocycles. The summed E-state index contributed by atoms with van der Waals surface area (Å²) in [6, 6.07) is 8.24. The number of aryl methyl sites for hydroxylation is 1. The van der Waals surface area contributed by atoms with Crippen LogP contribution in [0.5, 0.6) is 0 Å². The molecule has 0 heterocycles. The lowest BCUT2D eigenvalue weighted by Gasteiger charge is -2.25. The number of hydrogen-bond donors (Lipinski definition) is 2. The van der Waals surface area contributed by atoms with Gasteiger partial charge < -0.3 is 11.1 Å². The van der Waals surface area contributed by atoms with Gasteiger partial charge in [0.25, 0.3) is 0 Å². The first-order chi connectivity index (χ1) is 8.18. The maximum atomic E-state index is 5.67. The summed E-state index contributed by atoms with van der Waals surface area (Å²) in [4.78, 5) is 0. The lowest BCUT2D eigenvalue weighted by atomic mass is 10.0. The monoisotopic (exact) mass is 232 g/mol. The third kappa shape index (κ3) is 3.74. The van der Waals surface area contributed by atoms with Crippen molar-refractivity contribution in [2.45, 2.75) is 51.0 Å². The maximum Gasteiger partial charge on any atom is 0.0314 e. The predicted octanol–water partition coefficient (Wildman–Crippen LogP) is 3.12. The van der Waals surface area contributed by atoms with Gasteiger partial charge in [-0.1, -0.05) is 25.0 Å². The zero-order valence-electron chi connectivity index (χ0n) is 10.8. The van der Waals surface area contributed by atoms with Crippen LogP contribution in [0.25, 0.3) is 0 Å². The number of rotatable bonds is 5. The highest BCUT2D eigenvalue weighted by Crippen LogP contribution is 2.28. The van der Waals surface area contributed by atoms with E-state index in [0.29, 0.717) is 5.54 Å². The largest absolute Gasteiger partial charge is 0.399 e. The van der Waals surface area contributed by atoms with E-state index in [2.05, 4.69) is 24.4 Å². The molecule has 1 fully saturated rings. The number of nitrogens with two attached hydrogens (primary N) is 1. The molecule has 2 rings (SSSR count). The van der Waals surface area contributed by atoms with E-state index in [1.165, 1.54) is 37.7 Å². The summed E-state index contributed by atoms with van der Waals surface area (Å²) < 4.78 is 0. The van der Waals surface area contributed by atoms with Crippen LogP contribution in [0.1, 0.15) is 44.6 Å². The zero-order chi connectivity index (χ0) is 12.1. The highest BCUT2D eigenvalue weighted by molar-refractivity contribution is 5.39.